The molecule has 0 spiro atoms. The monoisotopic (exact) mass is 417 g/mol. The number of piperazine rings is 1. The summed E-state index contributed by atoms with van der Waals surface area (Å²) >= 11 is 5.69. The summed E-state index contributed by atoms with van der Waals surface area (Å²) in [7, 11) is -2.23. The van der Waals surface area contributed by atoms with E-state index in [1.165, 1.54) is 8.99 Å². The maximum Gasteiger partial charge on any atom is 0.333 e. The molecule has 0 atom stereocenters. The van der Waals surface area contributed by atoms with Crippen molar-refractivity contribution in [1.29, 1.82) is 0 Å². The van der Waals surface area contributed by atoms with E-state index >= 15 is 0 Å². The Labute approximate surface area is 160 Å². The first-order chi connectivity index (χ1) is 12.6. The molecule has 0 N–H and O–H groups in total. The van der Waals surface area contributed by atoms with E-state index in [0.717, 1.165) is 18.2 Å². The molecule has 0 aliphatic carbocycles. The van der Waals surface area contributed by atoms with Gasteiger partial charge in [0.1, 0.15) is 11.5 Å². The quantitative estimate of drug-likeness (QED) is 0.556. The molecule has 1 aliphatic heterocycles. The minimum Gasteiger partial charge on any atom is -0.348 e. The molecular formula is C15H17ClFN5O4S. The van der Waals surface area contributed by atoms with Crippen LogP contribution >= 0.6 is 11.6 Å². The molecule has 2 aromatic rings. The average Bonchev–Trinajstić information content (AvgIpc) is 2.91. The van der Waals surface area contributed by atoms with Crippen molar-refractivity contribution in [3.05, 3.63) is 44.8 Å². The summed E-state index contributed by atoms with van der Waals surface area (Å²) in [5.41, 5.74) is 0.215. The number of aromatic nitrogens is 2. The first-order valence-electron chi connectivity index (χ1n) is 8.01. The third kappa shape index (κ3) is 3.49. The third-order valence-corrected chi connectivity index (χ3v) is 6.59. The topological polar surface area (TPSA) is 102 Å². The van der Waals surface area contributed by atoms with Gasteiger partial charge in [-0.2, -0.15) is 9.40 Å². The van der Waals surface area contributed by atoms with Crippen molar-refractivity contribution < 1.29 is 17.7 Å². The van der Waals surface area contributed by atoms with E-state index in [-0.39, 0.29) is 41.8 Å². The minimum absolute atomic E-state index is 0.0841. The van der Waals surface area contributed by atoms with E-state index in [1.807, 2.05) is 0 Å². The summed E-state index contributed by atoms with van der Waals surface area (Å²) < 4.78 is 41.5. The van der Waals surface area contributed by atoms with E-state index in [2.05, 4.69) is 5.10 Å². The number of benzene rings is 1. The minimum atomic E-state index is -3.84. The molecule has 9 nitrogen and oxygen atoms in total. The number of sulfonamides is 1. The van der Waals surface area contributed by atoms with Gasteiger partial charge in [-0.1, -0.05) is 11.6 Å². The molecule has 0 unspecified atom stereocenters. The molecule has 1 saturated heterocycles. The highest BCUT2D eigenvalue weighted by Crippen LogP contribution is 2.32. The summed E-state index contributed by atoms with van der Waals surface area (Å²) in [6, 6.07) is 3.25. The summed E-state index contributed by atoms with van der Waals surface area (Å²) in [5, 5.41) is 15.2. The van der Waals surface area contributed by atoms with Crippen LogP contribution in [0.1, 0.15) is 5.69 Å². The largest absolute Gasteiger partial charge is 0.348 e. The lowest BCUT2D eigenvalue weighted by Crippen LogP contribution is -2.49. The fourth-order valence-electron chi connectivity index (χ4n) is 3.13. The second-order valence-electron chi connectivity index (χ2n) is 6.11. The Morgan fingerprint density at radius 1 is 1.26 bits per heavy atom. The number of hydrogen-bond acceptors (Lipinski definition) is 6. The van der Waals surface area contributed by atoms with Gasteiger partial charge in [-0.25, -0.2) is 17.5 Å². The maximum absolute atomic E-state index is 13.3. The van der Waals surface area contributed by atoms with Crippen LogP contribution in [0, 0.1) is 22.9 Å². The number of nitrogens with zero attached hydrogens (tertiary/aromatic N) is 5. The van der Waals surface area contributed by atoms with Crippen molar-refractivity contribution in [2.45, 2.75) is 11.8 Å². The van der Waals surface area contributed by atoms with Gasteiger partial charge in [0.2, 0.25) is 15.8 Å². The van der Waals surface area contributed by atoms with Gasteiger partial charge in [-0.05, 0) is 25.1 Å². The third-order valence-electron chi connectivity index (χ3n) is 4.41. The van der Waals surface area contributed by atoms with Crippen LogP contribution in [0.5, 0.6) is 0 Å². The van der Waals surface area contributed by atoms with Crippen molar-refractivity contribution in [1.82, 2.24) is 14.1 Å². The van der Waals surface area contributed by atoms with Crippen molar-refractivity contribution in [3.63, 3.8) is 0 Å². The molecule has 12 heteroatoms. The summed E-state index contributed by atoms with van der Waals surface area (Å²) in [4.78, 5) is 12.5. The van der Waals surface area contributed by atoms with Crippen molar-refractivity contribution in [2.75, 3.05) is 31.1 Å². The molecule has 146 valence electrons. The zero-order valence-electron chi connectivity index (χ0n) is 14.6. The molecule has 0 radical (unpaired) electrons. The van der Waals surface area contributed by atoms with Gasteiger partial charge in [-0.3, -0.25) is 10.1 Å². The standard InChI is InChI=1S/C15H17ClFN5O4S/c1-10-14(22(23)24)15(19(2)18-10)20-5-7-21(8-6-20)27(25,26)11-3-4-13(17)12(16)9-11/h3-4,9H,5-8H2,1-2H3. The Morgan fingerprint density at radius 2 is 1.89 bits per heavy atom. The van der Waals surface area contributed by atoms with E-state index < -0.39 is 20.8 Å². The van der Waals surface area contributed by atoms with E-state index in [1.54, 1.807) is 18.9 Å². The van der Waals surface area contributed by atoms with Crippen LogP contribution < -0.4 is 4.90 Å². The normalized spacial score (nSPS) is 15.9. The van der Waals surface area contributed by atoms with E-state index in [9.17, 15) is 22.9 Å². The Morgan fingerprint density at radius 3 is 2.44 bits per heavy atom. The highest BCUT2D eigenvalue weighted by molar-refractivity contribution is 7.89. The Balaban J connectivity index is 1.81. The Kier molecular flexibility index (Phi) is 5.10. The first-order valence-corrected chi connectivity index (χ1v) is 9.83. The van der Waals surface area contributed by atoms with Crippen molar-refractivity contribution in [3.8, 4) is 0 Å². The van der Waals surface area contributed by atoms with Gasteiger partial charge in [0.15, 0.2) is 0 Å². The number of rotatable bonds is 4. The van der Waals surface area contributed by atoms with Crippen LogP contribution in [0.15, 0.2) is 23.1 Å². The zero-order valence-corrected chi connectivity index (χ0v) is 16.2. The van der Waals surface area contributed by atoms with Crippen LogP contribution in [0.3, 0.4) is 0 Å². The first kappa shape index (κ1) is 19.5. The second-order valence-corrected chi connectivity index (χ2v) is 8.45. The predicted molar refractivity (Wildman–Crippen MR) is 97.0 cm³/mol. The summed E-state index contributed by atoms with van der Waals surface area (Å²) in [6.45, 7) is 2.32. The Hall–Kier alpha value is -2.24. The van der Waals surface area contributed by atoms with Gasteiger partial charge < -0.3 is 4.90 Å². The fraction of sp³-hybridized carbons (Fsp3) is 0.400. The van der Waals surface area contributed by atoms with Crippen LogP contribution in [-0.4, -0.2) is 53.6 Å². The molecule has 0 amide bonds. The molecule has 1 aromatic carbocycles. The lowest BCUT2D eigenvalue weighted by molar-refractivity contribution is -0.384. The zero-order chi connectivity index (χ0) is 19.9. The SMILES string of the molecule is Cc1nn(C)c(N2CCN(S(=O)(=O)c3ccc(F)c(Cl)c3)CC2)c1[N+](=O)[O-]. The lowest BCUT2D eigenvalue weighted by atomic mass is 10.3. The molecule has 1 aromatic heterocycles. The van der Waals surface area contributed by atoms with Gasteiger partial charge in [-0.15, -0.1) is 0 Å². The number of hydrogen-bond donors (Lipinski definition) is 0. The van der Waals surface area contributed by atoms with Crippen LogP contribution in [-0.2, 0) is 17.1 Å². The molecule has 0 bridgehead atoms. The number of halogens is 2. The number of nitro groups is 1. The summed E-state index contributed by atoms with van der Waals surface area (Å²) in [5.74, 6) is -0.348. The van der Waals surface area contributed by atoms with Gasteiger partial charge >= 0.3 is 5.69 Å². The molecule has 27 heavy (non-hydrogen) atoms. The van der Waals surface area contributed by atoms with Crippen LogP contribution in [0.25, 0.3) is 0 Å². The number of aryl methyl sites for hydroxylation is 2. The van der Waals surface area contributed by atoms with Crippen LogP contribution in [0.2, 0.25) is 5.02 Å². The highest BCUT2D eigenvalue weighted by Gasteiger charge is 2.34. The highest BCUT2D eigenvalue weighted by atomic mass is 35.5. The smallest absolute Gasteiger partial charge is 0.333 e. The van der Waals surface area contributed by atoms with Crippen molar-refractivity contribution in [2.24, 2.45) is 7.05 Å². The summed E-state index contributed by atoms with van der Waals surface area (Å²) in [6.07, 6.45) is 0. The van der Waals surface area contributed by atoms with Crippen LogP contribution in [0.4, 0.5) is 15.9 Å². The second kappa shape index (κ2) is 7.06. The van der Waals surface area contributed by atoms with Crippen molar-refractivity contribution >= 4 is 33.1 Å². The average molecular weight is 418 g/mol. The molecule has 1 fully saturated rings. The van der Waals surface area contributed by atoms with E-state index in [4.69, 9.17) is 11.6 Å². The molecule has 0 saturated carbocycles. The maximum atomic E-state index is 13.3. The van der Waals surface area contributed by atoms with Gasteiger partial charge in [0.25, 0.3) is 0 Å². The molecular weight excluding hydrogens is 401 g/mol. The fourth-order valence-corrected chi connectivity index (χ4v) is 4.82. The molecule has 3 rings (SSSR count). The number of anilines is 1. The van der Waals surface area contributed by atoms with E-state index in [0.29, 0.717) is 11.5 Å². The van der Waals surface area contributed by atoms with Gasteiger partial charge in [0, 0.05) is 33.2 Å². The molecule has 1 aliphatic rings. The predicted octanol–water partition coefficient (Wildman–Crippen LogP) is 1.94. The molecule has 2 heterocycles. The van der Waals surface area contributed by atoms with Gasteiger partial charge in [0.05, 0.1) is 14.8 Å². The Bertz CT molecular complexity index is 1000. The lowest BCUT2D eigenvalue weighted by Gasteiger charge is -2.34.